The Morgan fingerprint density at radius 1 is 1.27 bits per heavy atom. The number of nitrogens with zero attached hydrogens (tertiary/aromatic N) is 1. The lowest BCUT2D eigenvalue weighted by Crippen LogP contribution is -2.58. The molecule has 1 heterocycles. The first-order valence-corrected chi connectivity index (χ1v) is 5.90. The van der Waals surface area contributed by atoms with Gasteiger partial charge < -0.3 is 5.21 Å². The Hall–Kier alpha value is -0.340. The van der Waals surface area contributed by atoms with E-state index in [0.29, 0.717) is 5.92 Å². The van der Waals surface area contributed by atoms with Crippen LogP contribution in [-0.4, -0.2) is 21.3 Å². The third kappa shape index (κ3) is 2.82. The van der Waals surface area contributed by atoms with Crippen molar-refractivity contribution >= 4 is 0 Å². The summed E-state index contributed by atoms with van der Waals surface area (Å²) in [6.45, 7) is 12.3. The van der Waals surface area contributed by atoms with Crippen LogP contribution in [0.15, 0.2) is 12.7 Å². The van der Waals surface area contributed by atoms with E-state index in [0.717, 1.165) is 19.3 Å². The highest BCUT2D eigenvalue weighted by Crippen LogP contribution is 2.41. The molecule has 15 heavy (non-hydrogen) atoms. The lowest BCUT2D eigenvalue weighted by Gasteiger charge is -2.51. The molecule has 1 aliphatic heterocycles. The molecule has 2 heteroatoms. The molecule has 0 bridgehead atoms. The largest absolute Gasteiger partial charge is 0.313 e. The topological polar surface area (TPSA) is 23.5 Å². The van der Waals surface area contributed by atoms with Crippen LogP contribution in [0.1, 0.15) is 53.4 Å². The monoisotopic (exact) mass is 211 g/mol. The van der Waals surface area contributed by atoms with Crippen LogP contribution in [0.25, 0.3) is 0 Å². The second kappa shape index (κ2) is 4.26. The molecule has 1 fully saturated rings. The Morgan fingerprint density at radius 3 is 2.13 bits per heavy atom. The minimum atomic E-state index is -0.104. The average Bonchev–Trinajstić information content (AvgIpc) is 2.10. The van der Waals surface area contributed by atoms with E-state index in [-0.39, 0.29) is 11.1 Å². The van der Waals surface area contributed by atoms with E-state index in [9.17, 15) is 5.21 Å². The summed E-state index contributed by atoms with van der Waals surface area (Å²) in [6, 6.07) is 0. The van der Waals surface area contributed by atoms with Gasteiger partial charge in [-0.2, -0.15) is 5.06 Å². The normalized spacial score (nSPS) is 26.5. The molecule has 1 saturated heterocycles. The van der Waals surface area contributed by atoms with E-state index >= 15 is 0 Å². The SMILES string of the molecule is C=CCCC1CC(C)(C)N(O)C(C)(C)C1. The summed E-state index contributed by atoms with van der Waals surface area (Å²) in [7, 11) is 0. The van der Waals surface area contributed by atoms with Crippen molar-refractivity contribution in [2.75, 3.05) is 0 Å². The zero-order valence-corrected chi connectivity index (χ0v) is 10.6. The van der Waals surface area contributed by atoms with Gasteiger partial charge in [-0.15, -0.1) is 6.58 Å². The van der Waals surface area contributed by atoms with E-state index in [1.54, 1.807) is 5.06 Å². The van der Waals surface area contributed by atoms with Crippen molar-refractivity contribution in [3.8, 4) is 0 Å². The Morgan fingerprint density at radius 2 is 1.73 bits per heavy atom. The van der Waals surface area contributed by atoms with Crippen LogP contribution in [0.5, 0.6) is 0 Å². The van der Waals surface area contributed by atoms with Crippen molar-refractivity contribution in [2.24, 2.45) is 5.92 Å². The van der Waals surface area contributed by atoms with Gasteiger partial charge in [0.2, 0.25) is 0 Å². The van der Waals surface area contributed by atoms with Gasteiger partial charge in [-0.1, -0.05) is 6.08 Å². The summed E-state index contributed by atoms with van der Waals surface area (Å²) < 4.78 is 0. The lowest BCUT2D eigenvalue weighted by atomic mass is 9.74. The summed E-state index contributed by atoms with van der Waals surface area (Å²) in [5.74, 6) is 0.705. The molecule has 1 N–H and O–H groups in total. The molecular weight excluding hydrogens is 186 g/mol. The summed E-state index contributed by atoms with van der Waals surface area (Å²) >= 11 is 0. The molecule has 0 aromatic rings. The van der Waals surface area contributed by atoms with Crippen LogP contribution in [0, 0.1) is 5.92 Å². The van der Waals surface area contributed by atoms with E-state index in [2.05, 4.69) is 34.3 Å². The van der Waals surface area contributed by atoms with Gasteiger partial charge in [0.05, 0.1) is 0 Å². The zero-order chi connectivity index (χ0) is 11.7. The van der Waals surface area contributed by atoms with Crippen molar-refractivity contribution < 1.29 is 5.21 Å². The Bertz CT molecular complexity index is 215. The molecule has 0 aromatic heterocycles. The van der Waals surface area contributed by atoms with Gasteiger partial charge in [0.15, 0.2) is 0 Å². The van der Waals surface area contributed by atoms with Crippen molar-refractivity contribution in [2.45, 2.75) is 64.5 Å². The zero-order valence-electron chi connectivity index (χ0n) is 10.6. The summed E-state index contributed by atoms with van der Waals surface area (Å²) in [5, 5.41) is 11.7. The van der Waals surface area contributed by atoms with Gasteiger partial charge in [-0.3, -0.25) is 0 Å². The average molecular weight is 211 g/mol. The Balaban J connectivity index is 2.70. The van der Waals surface area contributed by atoms with Crippen LogP contribution < -0.4 is 0 Å². The van der Waals surface area contributed by atoms with Gasteiger partial charge in [0.25, 0.3) is 0 Å². The molecule has 1 aliphatic rings. The predicted molar refractivity (Wildman–Crippen MR) is 63.9 cm³/mol. The molecule has 0 aliphatic carbocycles. The molecule has 2 nitrogen and oxygen atoms in total. The van der Waals surface area contributed by atoms with E-state index in [1.165, 1.54) is 6.42 Å². The summed E-state index contributed by atoms with van der Waals surface area (Å²) in [4.78, 5) is 0. The van der Waals surface area contributed by atoms with Crippen molar-refractivity contribution in [3.05, 3.63) is 12.7 Å². The molecule has 0 unspecified atom stereocenters. The van der Waals surface area contributed by atoms with E-state index in [1.807, 2.05) is 6.08 Å². The number of hydrogen-bond acceptors (Lipinski definition) is 2. The smallest absolute Gasteiger partial charge is 0.0413 e. The molecule has 0 amide bonds. The second-order valence-corrected chi connectivity index (χ2v) is 6.08. The maximum absolute atomic E-state index is 10.1. The fourth-order valence-electron chi connectivity index (χ4n) is 3.04. The van der Waals surface area contributed by atoms with Crippen LogP contribution in [0.3, 0.4) is 0 Å². The number of allylic oxidation sites excluding steroid dienone is 1. The summed E-state index contributed by atoms with van der Waals surface area (Å²) in [5.41, 5.74) is -0.207. The number of hydrogen-bond donors (Lipinski definition) is 1. The highest BCUT2D eigenvalue weighted by atomic mass is 16.5. The molecule has 0 saturated carbocycles. The van der Waals surface area contributed by atoms with Crippen molar-refractivity contribution in [1.82, 2.24) is 5.06 Å². The van der Waals surface area contributed by atoms with E-state index < -0.39 is 0 Å². The van der Waals surface area contributed by atoms with Crippen molar-refractivity contribution in [3.63, 3.8) is 0 Å². The number of rotatable bonds is 3. The first-order chi connectivity index (χ1) is 6.79. The fraction of sp³-hybridized carbons (Fsp3) is 0.846. The number of hydroxylamine groups is 2. The summed E-state index contributed by atoms with van der Waals surface area (Å²) in [6.07, 6.45) is 6.42. The molecule has 0 aromatic carbocycles. The first-order valence-electron chi connectivity index (χ1n) is 5.90. The molecular formula is C13H25NO. The third-order valence-corrected chi connectivity index (χ3v) is 3.50. The molecule has 1 rings (SSSR count). The van der Waals surface area contributed by atoms with Crippen LogP contribution in [-0.2, 0) is 0 Å². The van der Waals surface area contributed by atoms with Gasteiger partial charge in [0.1, 0.15) is 0 Å². The van der Waals surface area contributed by atoms with Crippen molar-refractivity contribution in [1.29, 1.82) is 0 Å². The molecule has 88 valence electrons. The highest BCUT2D eigenvalue weighted by Gasteiger charge is 2.44. The Labute approximate surface area is 93.9 Å². The van der Waals surface area contributed by atoms with Gasteiger partial charge in [-0.25, -0.2) is 0 Å². The number of piperidine rings is 1. The maximum Gasteiger partial charge on any atom is 0.0413 e. The van der Waals surface area contributed by atoms with Gasteiger partial charge in [-0.05, 0) is 59.3 Å². The third-order valence-electron chi connectivity index (χ3n) is 3.50. The lowest BCUT2D eigenvalue weighted by molar-refractivity contribution is -0.251. The highest BCUT2D eigenvalue weighted by molar-refractivity contribution is 4.96. The molecule has 0 radical (unpaired) electrons. The quantitative estimate of drug-likeness (QED) is 0.721. The molecule has 0 spiro atoms. The van der Waals surface area contributed by atoms with Gasteiger partial charge >= 0.3 is 0 Å². The second-order valence-electron chi connectivity index (χ2n) is 6.08. The first kappa shape index (κ1) is 12.7. The fourth-order valence-corrected chi connectivity index (χ4v) is 3.04. The van der Waals surface area contributed by atoms with E-state index in [4.69, 9.17) is 0 Å². The van der Waals surface area contributed by atoms with Crippen LogP contribution >= 0.6 is 0 Å². The minimum Gasteiger partial charge on any atom is -0.313 e. The standard InChI is InChI=1S/C13H25NO/c1-6-7-8-11-9-12(2,3)14(15)13(4,5)10-11/h6,11,15H,1,7-10H2,2-5H3. The predicted octanol–water partition coefficient (Wildman–Crippen LogP) is 3.61. The maximum atomic E-state index is 10.1. The molecule has 0 atom stereocenters. The van der Waals surface area contributed by atoms with Gasteiger partial charge in [0, 0.05) is 11.1 Å². The minimum absolute atomic E-state index is 0.104. The Kier molecular flexibility index (Phi) is 3.62. The van der Waals surface area contributed by atoms with Crippen LogP contribution in [0.4, 0.5) is 0 Å². The van der Waals surface area contributed by atoms with Crippen LogP contribution in [0.2, 0.25) is 0 Å².